The van der Waals surface area contributed by atoms with E-state index in [1.807, 2.05) is 25.1 Å². The number of para-hydroxylation sites is 1. The van der Waals surface area contributed by atoms with Gasteiger partial charge in [0.05, 0.1) is 6.54 Å². The Hall–Kier alpha value is -3.25. The predicted octanol–water partition coefficient (Wildman–Crippen LogP) is 4.19. The van der Waals surface area contributed by atoms with Gasteiger partial charge in [0.1, 0.15) is 18.1 Å². The van der Waals surface area contributed by atoms with Crippen LogP contribution in [0.15, 0.2) is 65.1 Å². The van der Waals surface area contributed by atoms with Gasteiger partial charge in [0, 0.05) is 10.7 Å². The first kappa shape index (κ1) is 19.5. The number of benzene rings is 2. The molecule has 0 atom stereocenters. The Morgan fingerprint density at radius 1 is 1.04 bits per heavy atom. The second-order valence-electron chi connectivity index (χ2n) is 6.05. The van der Waals surface area contributed by atoms with Crippen LogP contribution in [0.25, 0.3) is 0 Å². The Balaban J connectivity index is 1.47. The van der Waals surface area contributed by atoms with Gasteiger partial charge in [-0.05, 0) is 55.0 Å². The van der Waals surface area contributed by atoms with Crippen LogP contribution < -0.4 is 15.4 Å². The van der Waals surface area contributed by atoms with Gasteiger partial charge >= 0.3 is 0 Å². The third-order valence-corrected chi connectivity index (χ3v) is 4.16. The van der Waals surface area contributed by atoms with Crippen molar-refractivity contribution in [2.45, 2.75) is 13.5 Å². The van der Waals surface area contributed by atoms with E-state index in [9.17, 15) is 9.59 Å². The van der Waals surface area contributed by atoms with Crippen LogP contribution in [0.4, 0.5) is 5.69 Å². The Morgan fingerprint density at radius 3 is 2.54 bits per heavy atom. The van der Waals surface area contributed by atoms with Gasteiger partial charge in [0.25, 0.3) is 5.91 Å². The molecule has 6 nitrogen and oxygen atoms in total. The van der Waals surface area contributed by atoms with Crippen molar-refractivity contribution in [2.75, 3.05) is 11.9 Å². The minimum absolute atomic E-state index is 0.110. The maximum absolute atomic E-state index is 12.2. The number of anilines is 1. The zero-order chi connectivity index (χ0) is 19.9. The van der Waals surface area contributed by atoms with Crippen LogP contribution in [0.5, 0.6) is 5.75 Å². The third kappa shape index (κ3) is 5.37. The second-order valence-corrected chi connectivity index (χ2v) is 6.49. The second kappa shape index (κ2) is 9.10. The number of ether oxygens (including phenoxy) is 1. The van der Waals surface area contributed by atoms with Crippen LogP contribution >= 0.6 is 11.6 Å². The number of furan rings is 1. The molecule has 28 heavy (non-hydrogen) atoms. The van der Waals surface area contributed by atoms with Crippen molar-refractivity contribution in [2.24, 2.45) is 0 Å². The zero-order valence-electron chi connectivity index (χ0n) is 15.2. The molecular weight excluding hydrogens is 380 g/mol. The molecule has 0 aliphatic carbocycles. The smallest absolute Gasteiger partial charge is 0.287 e. The maximum atomic E-state index is 12.2. The normalized spacial score (nSPS) is 10.4. The van der Waals surface area contributed by atoms with Gasteiger partial charge in [0.15, 0.2) is 5.76 Å². The minimum atomic E-state index is -0.474. The highest BCUT2D eigenvalue weighted by Gasteiger charge is 2.13. The summed E-state index contributed by atoms with van der Waals surface area (Å²) in [5.74, 6) is 0.445. The summed E-state index contributed by atoms with van der Waals surface area (Å²) >= 11 is 5.82. The van der Waals surface area contributed by atoms with E-state index in [1.165, 1.54) is 6.07 Å². The molecule has 2 aromatic carbocycles. The highest BCUT2D eigenvalue weighted by atomic mass is 35.5. The molecular formula is C21H19ClN2O4. The maximum Gasteiger partial charge on any atom is 0.287 e. The average molecular weight is 399 g/mol. The number of hydrogen-bond donors (Lipinski definition) is 2. The van der Waals surface area contributed by atoms with Crippen LogP contribution in [-0.4, -0.2) is 18.4 Å². The van der Waals surface area contributed by atoms with Gasteiger partial charge in [-0.1, -0.05) is 29.8 Å². The quantitative estimate of drug-likeness (QED) is 0.625. The van der Waals surface area contributed by atoms with Gasteiger partial charge in [-0.2, -0.15) is 0 Å². The molecule has 2 N–H and O–H groups in total. The summed E-state index contributed by atoms with van der Waals surface area (Å²) in [6.07, 6.45) is 0. The Morgan fingerprint density at radius 2 is 1.79 bits per heavy atom. The van der Waals surface area contributed by atoms with Gasteiger partial charge in [0.2, 0.25) is 5.91 Å². The predicted molar refractivity (Wildman–Crippen MR) is 107 cm³/mol. The molecule has 0 unspecified atom stereocenters. The van der Waals surface area contributed by atoms with Gasteiger partial charge < -0.3 is 19.8 Å². The van der Waals surface area contributed by atoms with Crippen molar-refractivity contribution in [1.29, 1.82) is 0 Å². The van der Waals surface area contributed by atoms with Crippen LogP contribution in [0, 0.1) is 6.92 Å². The van der Waals surface area contributed by atoms with Crippen LogP contribution in [0.3, 0.4) is 0 Å². The summed E-state index contributed by atoms with van der Waals surface area (Å²) in [5, 5.41) is 5.90. The third-order valence-electron chi connectivity index (χ3n) is 3.91. The molecule has 0 spiro atoms. The monoisotopic (exact) mass is 398 g/mol. The lowest BCUT2D eigenvalue weighted by Gasteiger charge is -2.08. The highest BCUT2D eigenvalue weighted by Crippen LogP contribution is 2.18. The first-order valence-corrected chi connectivity index (χ1v) is 9.00. The van der Waals surface area contributed by atoms with Gasteiger partial charge in [-0.15, -0.1) is 0 Å². The number of rotatable bonds is 7. The lowest BCUT2D eigenvalue weighted by molar-refractivity contribution is -0.115. The molecule has 0 aliphatic rings. The number of nitrogens with one attached hydrogen (secondary N) is 2. The summed E-state index contributed by atoms with van der Waals surface area (Å²) < 4.78 is 11.0. The van der Waals surface area contributed by atoms with E-state index in [4.69, 9.17) is 20.8 Å². The first-order valence-electron chi connectivity index (χ1n) is 8.62. The van der Waals surface area contributed by atoms with Crippen molar-refractivity contribution in [3.8, 4) is 5.75 Å². The SMILES string of the molecule is Cc1ccccc1NC(=O)CNC(=O)c1ccc(COc2ccc(Cl)cc2)o1. The van der Waals surface area contributed by atoms with E-state index < -0.39 is 5.91 Å². The summed E-state index contributed by atoms with van der Waals surface area (Å²) in [6.45, 7) is 1.90. The molecule has 2 amide bonds. The van der Waals surface area contributed by atoms with Crippen molar-refractivity contribution >= 4 is 29.1 Å². The van der Waals surface area contributed by atoms with Crippen molar-refractivity contribution < 1.29 is 18.7 Å². The summed E-state index contributed by atoms with van der Waals surface area (Å²) in [5.41, 5.74) is 1.65. The number of hydrogen-bond acceptors (Lipinski definition) is 4. The fourth-order valence-electron chi connectivity index (χ4n) is 2.42. The lowest BCUT2D eigenvalue weighted by Crippen LogP contribution is -2.32. The van der Waals surface area contributed by atoms with E-state index >= 15 is 0 Å². The first-order chi connectivity index (χ1) is 13.5. The molecule has 3 rings (SSSR count). The molecule has 144 valence electrons. The summed E-state index contributed by atoms with van der Waals surface area (Å²) in [7, 11) is 0. The topological polar surface area (TPSA) is 80.6 Å². The minimum Gasteiger partial charge on any atom is -0.486 e. The van der Waals surface area contributed by atoms with Gasteiger partial charge in [-0.25, -0.2) is 0 Å². The molecule has 0 fully saturated rings. The van der Waals surface area contributed by atoms with Crippen LogP contribution in [0.1, 0.15) is 21.9 Å². The molecule has 1 aromatic heterocycles. The van der Waals surface area contributed by atoms with Crippen molar-refractivity contribution in [1.82, 2.24) is 5.32 Å². The summed E-state index contributed by atoms with van der Waals surface area (Å²) in [4.78, 5) is 24.2. The molecule has 1 heterocycles. The largest absolute Gasteiger partial charge is 0.486 e. The number of carbonyl (C=O) groups is 2. The van der Waals surface area contributed by atoms with E-state index in [2.05, 4.69) is 10.6 Å². The fraction of sp³-hybridized carbons (Fsp3) is 0.143. The molecule has 0 bridgehead atoms. The molecule has 0 radical (unpaired) electrons. The number of amides is 2. The van der Waals surface area contributed by atoms with E-state index in [-0.39, 0.29) is 24.8 Å². The molecule has 0 saturated heterocycles. The van der Waals surface area contributed by atoms with Crippen molar-refractivity contribution in [3.63, 3.8) is 0 Å². The highest BCUT2D eigenvalue weighted by molar-refractivity contribution is 6.30. The van der Waals surface area contributed by atoms with Crippen LogP contribution in [-0.2, 0) is 11.4 Å². The zero-order valence-corrected chi connectivity index (χ0v) is 16.0. The van der Waals surface area contributed by atoms with E-state index in [0.29, 0.717) is 22.2 Å². The van der Waals surface area contributed by atoms with E-state index in [1.54, 1.807) is 36.4 Å². The standard InChI is InChI=1S/C21H19ClN2O4/c1-14-4-2-3-5-18(14)24-20(25)12-23-21(26)19-11-10-17(28-19)13-27-16-8-6-15(22)7-9-16/h2-11H,12-13H2,1H3,(H,23,26)(H,24,25). The molecule has 3 aromatic rings. The van der Waals surface area contributed by atoms with Gasteiger partial charge in [-0.3, -0.25) is 9.59 Å². The van der Waals surface area contributed by atoms with Crippen molar-refractivity contribution in [3.05, 3.63) is 82.8 Å². The fourth-order valence-corrected chi connectivity index (χ4v) is 2.54. The van der Waals surface area contributed by atoms with E-state index in [0.717, 1.165) is 5.56 Å². The Labute approximate surface area is 167 Å². The summed E-state index contributed by atoms with van der Waals surface area (Å²) in [6, 6.07) is 17.5. The molecule has 7 heteroatoms. The lowest BCUT2D eigenvalue weighted by atomic mass is 10.2. The van der Waals surface area contributed by atoms with Crippen LogP contribution in [0.2, 0.25) is 5.02 Å². The Bertz CT molecular complexity index is 967. The number of aryl methyl sites for hydroxylation is 1. The molecule has 0 saturated carbocycles. The number of carbonyl (C=O) groups excluding carboxylic acids is 2. The average Bonchev–Trinajstić information content (AvgIpc) is 3.17. The number of halogens is 1. The Kier molecular flexibility index (Phi) is 6.34. The molecule has 0 aliphatic heterocycles.